The molecule has 0 aliphatic carbocycles. The number of benzene rings is 2. The maximum Gasteiger partial charge on any atom is 0.240 e. The lowest BCUT2D eigenvalue weighted by Crippen LogP contribution is -2.42. The van der Waals surface area contributed by atoms with Crippen LogP contribution in [0.1, 0.15) is 16.4 Å². The molecule has 1 atom stereocenters. The molecular weight excluding hydrogens is 386 g/mol. The predicted molar refractivity (Wildman–Crippen MR) is 113 cm³/mol. The van der Waals surface area contributed by atoms with Gasteiger partial charge in [0.2, 0.25) is 11.1 Å². The number of aromatic nitrogens is 3. The van der Waals surface area contributed by atoms with Crippen LogP contribution in [-0.4, -0.2) is 52.0 Å². The Kier molecular flexibility index (Phi) is 5.82. The van der Waals surface area contributed by atoms with E-state index in [-0.39, 0.29) is 5.91 Å². The number of carbonyl (C=O) groups is 1. The summed E-state index contributed by atoms with van der Waals surface area (Å²) in [6.07, 6.45) is 0. The molecular formula is C21H23N5O2S. The molecule has 2 aromatic carbocycles. The van der Waals surface area contributed by atoms with Crippen LogP contribution in [0.5, 0.6) is 0 Å². The van der Waals surface area contributed by atoms with Gasteiger partial charge in [-0.1, -0.05) is 71.9 Å². The lowest BCUT2D eigenvalue weighted by molar-refractivity contribution is -0.134. The second-order valence-corrected chi connectivity index (χ2v) is 7.96. The lowest BCUT2D eigenvalue weighted by Gasteiger charge is -2.30. The monoisotopic (exact) mass is 409 g/mol. The predicted octanol–water partition coefficient (Wildman–Crippen LogP) is 2.66. The van der Waals surface area contributed by atoms with Crippen molar-refractivity contribution in [3.63, 3.8) is 0 Å². The Morgan fingerprint density at radius 2 is 1.76 bits per heavy atom. The molecule has 150 valence electrons. The van der Waals surface area contributed by atoms with Crippen LogP contribution in [0, 0.1) is 6.92 Å². The van der Waals surface area contributed by atoms with Gasteiger partial charge in [0.05, 0.1) is 13.2 Å². The molecule has 1 aliphatic rings. The van der Waals surface area contributed by atoms with E-state index in [2.05, 4.69) is 10.2 Å². The van der Waals surface area contributed by atoms with Gasteiger partial charge in [-0.2, -0.15) is 0 Å². The van der Waals surface area contributed by atoms with E-state index in [0.29, 0.717) is 37.3 Å². The molecule has 0 saturated carbocycles. The molecule has 1 aromatic heterocycles. The molecule has 0 spiro atoms. The highest BCUT2D eigenvalue weighted by Gasteiger charge is 2.30. The highest BCUT2D eigenvalue weighted by atomic mass is 32.2. The molecule has 1 amide bonds. The summed E-state index contributed by atoms with van der Waals surface area (Å²) in [5.74, 6) is 6.90. The fraction of sp³-hybridized carbons (Fsp3) is 0.286. The molecule has 8 heteroatoms. The van der Waals surface area contributed by atoms with E-state index in [0.717, 1.165) is 16.7 Å². The van der Waals surface area contributed by atoms with E-state index < -0.39 is 5.25 Å². The third-order valence-electron chi connectivity index (χ3n) is 4.85. The molecule has 1 fully saturated rings. The second-order valence-electron chi connectivity index (χ2n) is 6.89. The number of thioether (sulfide) groups is 1. The number of rotatable bonds is 5. The first-order chi connectivity index (χ1) is 14.1. The molecule has 29 heavy (non-hydrogen) atoms. The fourth-order valence-electron chi connectivity index (χ4n) is 3.20. The van der Waals surface area contributed by atoms with E-state index in [4.69, 9.17) is 10.6 Å². The summed E-state index contributed by atoms with van der Waals surface area (Å²) in [7, 11) is 0. The largest absolute Gasteiger partial charge is 0.378 e. The van der Waals surface area contributed by atoms with Gasteiger partial charge in [0, 0.05) is 18.7 Å². The Morgan fingerprint density at radius 1 is 1.07 bits per heavy atom. The van der Waals surface area contributed by atoms with Crippen LogP contribution in [-0.2, 0) is 9.53 Å². The molecule has 3 aromatic rings. The van der Waals surface area contributed by atoms with Gasteiger partial charge in [0.25, 0.3) is 0 Å². The molecule has 0 radical (unpaired) electrons. The zero-order valence-electron chi connectivity index (χ0n) is 16.2. The van der Waals surface area contributed by atoms with Crippen molar-refractivity contribution in [1.29, 1.82) is 0 Å². The summed E-state index contributed by atoms with van der Waals surface area (Å²) in [6.45, 7) is 4.32. The zero-order chi connectivity index (χ0) is 20.2. The Labute approximate surface area is 173 Å². The van der Waals surface area contributed by atoms with Gasteiger partial charge in [-0.3, -0.25) is 4.79 Å². The Morgan fingerprint density at radius 3 is 2.45 bits per heavy atom. The topological polar surface area (TPSA) is 86.3 Å². The Balaban J connectivity index is 1.62. The van der Waals surface area contributed by atoms with Gasteiger partial charge < -0.3 is 15.5 Å². The van der Waals surface area contributed by atoms with E-state index in [1.807, 2.05) is 66.4 Å². The van der Waals surface area contributed by atoms with Crippen LogP contribution in [0.4, 0.5) is 0 Å². The summed E-state index contributed by atoms with van der Waals surface area (Å²) >= 11 is 1.32. The van der Waals surface area contributed by atoms with Crippen LogP contribution in [0.2, 0.25) is 0 Å². The first-order valence-corrected chi connectivity index (χ1v) is 10.4. The average Bonchev–Trinajstić information content (AvgIpc) is 3.13. The van der Waals surface area contributed by atoms with Gasteiger partial charge in [0.1, 0.15) is 5.25 Å². The number of hydrogen-bond donors (Lipinski definition) is 1. The van der Waals surface area contributed by atoms with Gasteiger partial charge in [0.15, 0.2) is 5.82 Å². The van der Waals surface area contributed by atoms with Crippen molar-refractivity contribution < 1.29 is 9.53 Å². The third-order valence-corrected chi connectivity index (χ3v) is 6.05. The van der Waals surface area contributed by atoms with Crippen LogP contribution in [0.3, 0.4) is 0 Å². The quantitative estimate of drug-likeness (QED) is 0.515. The summed E-state index contributed by atoms with van der Waals surface area (Å²) in [5.41, 5.74) is 2.95. The Hall–Kier alpha value is -2.84. The van der Waals surface area contributed by atoms with E-state index in [9.17, 15) is 4.79 Å². The first-order valence-electron chi connectivity index (χ1n) is 9.49. The van der Waals surface area contributed by atoms with Gasteiger partial charge in [-0.05, 0) is 12.5 Å². The molecule has 2 N–H and O–H groups in total. The number of nitrogens with two attached hydrogens (primary N) is 1. The van der Waals surface area contributed by atoms with Crippen molar-refractivity contribution in [2.24, 2.45) is 0 Å². The first kappa shape index (κ1) is 19.5. The molecule has 0 unspecified atom stereocenters. The third kappa shape index (κ3) is 4.28. The molecule has 4 rings (SSSR count). The van der Waals surface area contributed by atoms with Crippen LogP contribution >= 0.6 is 11.8 Å². The number of morpholine rings is 1. The number of aryl methyl sites for hydroxylation is 1. The van der Waals surface area contributed by atoms with E-state index in [1.54, 1.807) is 0 Å². The van der Waals surface area contributed by atoms with Crippen molar-refractivity contribution in [3.05, 3.63) is 65.7 Å². The zero-order valence-corrected chi connectivity index (χ0v) is 17.0. The maximum atomic E-state index is 13.3. The maximum absolute atomic E-state index is 13.3. The minimum absolute atomic E-state index is 0.0318. The number of amides is 1. The summed E-state index contributed by atoms with van der Waals surface area (Å²) in [4.78, 5) is 15.1. The Bertz CT molecular complexity index is 968. The number of hydrogen-bond acceptors (Lipinski definition) is 6. The standard InChI is InChI=1S/C21H23N5O2S/c1-15-7-9-17(10-8-15)19-23-24-21(26(19)22)29-18(16-5-3-2-4-6-16)20(27)25-11-13-28-14-12-25/h2-10,18H,11-14,22H2,1H3/t18-/m1/s1. The van der Waals surface area contributed by atoms with Crippen molar-refractivity contribution in [2.45, 2.75) is 17.3 Å². The van der Waals surface area contributed by atoms with Crippen molar-refractivity contribution >= 4 is 17.7 Å². The van der Waals surface area contributed by atoms with Crippen molar-refractivity contribution in [3.8, 4) is 11.4 Å². The van der Waals surface area contributed by atoms with Gasteiger partial charge in [-0.15, -0.1) is 10.2 Å². The minimum Gasteiger partial charge on any atom is -0.378 e. The normalized spacial score (nSPS) is 15.3. The van der Waals surface area contributed by atoms with Gasteiger partial charge in [-0.25, -0.2) is 4.68 Å². The van der Waals surface area contributed by atoms with Crippen molar-refractivity contribution in [1.82, 2.24) is 19.8 Å². The highest BCUT2D eigenvalue weighted by Crippen LogP contribution is 2.36. The van der Waals surface area contributed by atoms with Gasteiger partial charge >= 0.3 is 0 Å². The van der Waals surface area contributed by atoms with Crippen LogP contribution < -0.4 is 5.84 Å². The average molecular weight is 410 g/mol. The smallest absolute Gasteiger partial charge is 0.240 e. The second kappa shape index (κ2) is 8.67. The van der Waals surface area contributed by atoms with Crippen LogP contribution in [0.15, 0.2) is 59.8 Å². The SMILES string of the molecule is Cc1ccc(-c2nnc(S[C@@H](C(=O)N3CCOCC3)c3ccccc3)n2N)cc1. The molecule has 1 saturated heterocycles. The fourth-order valence-corrected chi connectivity index (χ4v) is 4.24. The highest BCUT2D eigenvalue weighted by molar-refractivity contribution is 8.00. The molecule has 7 nitrogen and oxygen atoms in total. The number of carbonyl (C=O) groups excluding carboxylic acids is 1. The van der Waals surface area contributed by atoms with E-state index >= 15 is 0 Å². The molecule has 2 heterocycles. The molecule has 0 bridgehead atoms. The number of ether oxygens (including phenoxy) is 1. The minimum atomic E-state index is -0.452. The van der Waals surface area contributed by atoms with E-state index in [1.165, 1.54) is 16.4 Å². The van der Waals surface area contributed by atoms with Crippen molar-refractivity contribution in [2.75, 3.05) is 32.1 Å². The number of nitrogens with zero attached hydrogens (tertiary/aromatic N) is 4. The van der Waals surface area contributed by atoms with Crippen LogP contribution in [0.25, 0.3) is 11.4 Å². The summed E-state index contributed by atoms with van der Waals surface area (Å²) in [5, 5.41) is 8.56. The number of nitrogen functional groups attached to an aromatic ring is 1. The molecule has 1 aliphatic heterocycles. The summed E-state index contributed by atoms with van der Waals surface area (Å²) < 4.78 is 6.84. The summed E-state index contributed by atoms with van der Waals surface area (Å²) in [6, 6.07) is 17.6. The lowest BCUT2D eigenvalue weighted by atomic mass is 10.1.